The first-order valence-corrected chi connectivity index (χ1v) is 11.7. The van der Waals surface area contributed by atoms with Crippen LogP contribution in [0.25, 0.3) is 6.08 Å². The van der Waals surface area contributed by atoms with E-state index in [0.717, 1.165) is 42.0 Å². The van der Waals surface area contributed by atoms with Crippen LogP contribution in [0.5, 0.6) is 0 Å². The summed E-state index contributed by atoms with van der Waals surface area (Å²) in [6.45, 7) is 5.06. The van der Waals surface area contributed by atoms with Crippen LogP contribution in [0.3, 0.4) is 0 Å². The second-order valence-electron chi connectivity index (χ2n) is 9.31. The van der Waals surface area contributed by atoms with Crippen molar-refractivity contribution in [1.29, 1.82) is 0 Å². The van der Waals surface area contributed by atoms with Gasteiger partial charge in [-0.1, -0.05) is 73.7 Å². The molecular weight excluding hydrogens is 394 g/mol. The predicted octanol–water partition coefficient (Wildman–Crippen LogP) is 6.52. The van der Waals surface area contributed by atoms with Crippen LogP contribution in [0.15, 0.2) is 96.5 Å². The maximum Gasteiger partial charge on any atom is 0.284 e. The summed E-state index contributed by atoms with van der Waals surface area (Å²) in [6, 6.07) is 19.2. The van der Waals surface area contributed by atoms with Crippen LogP contribution in [-0.2, 0) is 11.3 Å². The molecule has 3 heteroatoms. The number of anilines is 1. The fraction of sp³-hybridized carbons (Fsp3) is 0.310. The standard InChI is InChI=1S/C29H31NO2/c1-21-17-25(14-11-22-7-3-2-4-8-22)28-19-30(18-27(21)28)26-15-12-23(13-16-26)20-32-29(31)24-9-5-6-10-24/h2-16,21,25,27-28,31H,17-20H2,1H3/b14-11+. The molecule has 164 valence electrons. The fourth-order valence-corrected chi connectivity index (χ4v) is 5.47. The molecule has 4 atom stereocenters. The molecule has 0 radical (unpaired) electrons. The monoisotopic (exact) mass is 425 g/mol. The molecule has 1 saturated carbocycles. The summed E-state index contributed by atoms with van der Waals surface area (Å²) in [5, 5.41) is 10.0. The molecule has 2 aromatic carbocycles. The van der Waals surface area contributed by atoms with E-state index in [-0.39, 0.29) is 5.95 Å². The zero-order chi connectivity index (χ0) is 21.9. The number of aliphatic hydroxyl groups excluding tert-OH is 1. The van der Waals surface area contributed by atoms with Crippen LogP contribution in [0.2, 0.25) is 0 Å². The van der Waals surface area contributed by atoms with Gasteiger partial charge in [0.1, 0.15) is 6.61 Å². The van der Waals surface area contributed by atoms with Crippen molar-refractivity contribution in [3.63, 3.8) is 0 Å². The van der Waals surface area contributed by atoms with E-state index in [9.17, 15) is 5.11 Å². The molecule has 1 heterocycles. The number of allylic oxidation sites excluding steroid dienone is 6. The molecule has 0 bridgehead atoms. The molecule has 2 aromatic rings. The normalized spacial score (nSPS) is 26.3. The van der Waals surface area contributed by atoms with E-state index in [4.69, 9.17) is 4.74 Å². The highest BCUT2D eigenvalue weighted by molar-refractivity contribution is 5.51. The second kappa shape index (κ2) is 9.12. The Hall–Kier alpha value is -3.20. The summed E-state index contributed by atoms with van der Waals surface area (Å²) < 4.78 is 5.54. The van der Waals surface area contributed by atoms with Gasteiger partial charge in [0, 0.05) is 18.8 Å². The maximum absolute atomic E-state index is 10.0. The number of fused-ring (bicyclic) bond motifs is 1. The molecule has 1 N–H and O–H groups in total. The Morgan fingerprint density at radius 2 is 1.72 bits per heavy atom. The van der Waals surface area contributed by atoms with Crippen LogP contribution in [0.4, 0.5) is 5.69 Å². The summed E-state index contributed by atoms with van der Waals surface area (Å²) in [6.07, 6.45) is 13.5. The zero-order valence-electron chi connectivity index (χ0n) is 18.6. The average Bonchev–Trinajstić information content (AvgIpc) is 3.56. The Bertz CT molecular complexity index is 1030. The van der Waals surface area contributed by atoms with Crippen molar-refractivity contribution in [2.75, 3.05) is 18.0 Å². The maximum atomic E-state index is 10.0. The summed E-state index contributed by atoms with van der Waals surface area (Å²) >= 11 is 0. The summed E-state index contributed by atoms with van der Waals surface area (Å²) in [5.74, 6) is 2.89. The molecule has 1 saturated heterocycles. The van der Waals surface area contributed by atoms with E-state index in [0.29, 0.717) is 12.5 Å². The number of nitrogens with zero attached hydrogens (tertiary/aromatic N) is 1. The van der Waals surface area contributed by atoms with Crippen LogP contribution in [-0.4, -0.2) is 18.2 Å². The molecule has 3 aliphatic rings. The molecule has 2 fully saturated rings. The molecule has 0 aromatic heterocycles. The minimum atomic E-state index is -0.0185. The topological polar surface area (TPSA) is 32.7 Å². The second-order valence-corrected chi connectivity index (χ2v) is 9.31. The van der Waals surface area contributed by atoms with Crippen molar-refractivity contribution in [2.24, 2.45) is 23.7 Å². The molecule has 4 unspecified atom stereocenters. The molecule has 5 rings (SSSR count). The van der Waals surface area contributed by atoms with Crippen molar-refractivity contribution >= 4 is 11.8 Å². The number of benzene rings is 2. The van der Waals surface area contributed by atoms with Gasteiger partial charge in [0.15, 0.2) is 0 Å². The van der Waals surface area contributed by atoms with E-state index < -0.39 is 0 Å². The first-order valence-electron chi connectivity index (χ1n) is 11.7. The van der Waals surface area contributed by atoms with Crippen molar-refractivity contribution in [1.82, 2.24) is 0 Å². The van der Waals surface area contributed by atoms with E-state index in [1.807, 2.05) is 24.3 Å². The average molecular weight is 426 g/mol. The smallest absolute Gasteiger partial charge is 0.284 e. The Kier molecular flexibility index (Phi) is 5.89. The lowest BCUT2D eigenvalue weighted by molar-refractivity contribution is 0.0807. The highest BCUT2D eigenvalue weighted by atomic mass is 16.6. The summed E-state index contributed by atoms with van der Waals surface area (Å²) in [5.41, 5.74) is 4.35. The largest absolute Gasteiger partial charge is 0.481 e. The van der Waals surface area contributed by atoms with Gasteiger partial charge in [-0.25, -0.2) is 0 Å². The Balaban J connectivity index is 1.21. The molecule has 1 aliphatic heterocycles. The molecule has 0 spiro atoms. The lowest BCUT2D eigenvalue weighted by Gasteiger charge is -2.22. The lowest BCUT2D eigenvalue weighted by atomic mass is 9.90. The Morgan fingerprint density at radius 1 is 1.00 bits per heavy atom. The zero-order valence-corrected chi connectivity index (χ0v) is 18.6. The van der Waals surface area contributed by atoms with Gasteiger partial charge in [0.2, 0.25) is 0 Å². The minimum absolute atomic E-state index is 0.0185. The van der Waals surface area contributed by atoms with E-state index >= 15 is 0 Å². The first-order chi connectivity index (χ1) is 15.7. The third kappa shape index (κ3) is 4.38. The van der Waals surface area contributed by atoms with E-state index in [1.54, 1.807) is 0 Å². The predicted molar refractivity (Wildman–Crippen MR) is 131 cm³/mol. The first kappa shape index (κ1) is 20.7. The molecule has 2 aliphatic carbocycles. The minimum Gasteiger partial charge on any atom is -0.481 e. The van der Waals surface area contributed by atoms with Crippen LogP contribution < -0.4 is 4.90 Å². The van der Waals surface area contributed by atoms with Gasteiger partial charge in [-0.2, -0.15) is 0 Å². The van der Waals surface area contributed by atoms with Gasteiger partial charge < -0.3 is 14.7 Å². The van der Waals surface area contributed by atoms with Crippen LogP contribution >= 0.6 is 0 Å². The van der Waals surface area contributed by atoms with Crippen molar-refractivity contribution in [3.8, 4) is 0 Å². The van der Waals surface area contributed by atoms with E-state index in [1.165, 1.54) is 17.7 Å². The number of ether oxygens (including phenoxy) is 1. The van der Waals surface area contributed by atoms with Gasteiger partial charge in [-0.05, 0) is 65.5 Å². The van der Waals surface area contributed by atoms with Crippen LogP contribution in [0.1, 0.15) is 24.5 Å². The van der Waals surface area contributed by atoms with Crippen molar-refractivity contribution in [2.45, 2.75) is 20.0 Å². The van der Waals surface area contributed by atoms with Gasteiger partial charge >= 0.3 is 0 Å². The Morgan fingerprint density at radius 3 is 2.47 bits per heavy atom. The van der Waals surface area contributed by atoms with Crippen molar-refractivity contribution in [3.05, 3.63) is 108 Å². The Labute approximate surface area is 191 Å². The summed E-state index contributed by atoms with van der Waals surface area (Å²) in [7, 11) is 0. The van der Waals surface area contributed by atoms with Gasteiger partial charge in [0.25, 0.3) is 5.95 Å². The molecule has 0 amide bonds. The van der Waals surface area contributed by atoms with Crippen LogP contribution in [0, 0.1) is 23.7 Å². The van der Waals surface area contributed by atoms with Gasteiger partial charge in [-0.3, -0.25) is 0 Å². The van der Waals surface area contributed by atoms with Gasteiger partial charge in [-0.15, -0.1) is 0 Å². The molecule has 32 heavy (non-hydrogen) atoms. The molecular formula is C29H31NO2. The lowest BCUT2D eigenvalue weighted by Crippen LogP contribution is -2.23. The molecule has 3 nitrogen and oxygen atoms in total. The highest BCUT2D eigenvalue weighted by Crippen LogP contribution is 2.47. The third-order valence-electron chi connectivity index (χ3n) is 7.26. The summed E-state index contributed by atoms with van der Waals surface area (Å²) in [4.78, 5) is 2.55. The van der Waals surface area contributed by atoms with Gasteiger partial charge in [0.05, 0.1) is 5.57 Å². The SMILES string of the molecule is CC1CC(/C=C/c2ccccc2)C2CN(c3ccc(COC(O)=C4C=CC=C4)cc3)CC12. The highest BCUT2D eigenvalue weighted by Gasteiger charge is 2.45. The number of aliphatic hydroxyl groups is 1. The number of hydrogen-bond acceptors (Lipinski definition) is 3. The van der Waals surface area contributed by atoms with E-state index in [2.05, 4.69) is 78.6 Å². The fourth-order valence-electron chi connectivity index (χ4n) is 5.47. The number of rotatable bonds is 6. The number of hydrogen-bond donors (Lipinski definition) is 1. The quantitative estimate of drug-likeness (QED) is 0.535. The third-order valence-corrected chi connectivity index (χ3v) is 7.26. The van der Waals surface area contributed by atoms with Crippen molar-refractivity contribution < 1.29 is 9.84 Å².